The van der Waals surface area contributed by atoms with Gasteiger partial charge in [-0.05, 0) is 70.6 Å². The molecule has 1 aliphatic rings. The molecule has 0 spiro atoms. The first-order valence-electron chi connectivity index (χ1n) is 9.80. The van der Waals surface area contributed by atoms with Gasteiger partial charge in [0.1, 0.15) is 5.60 Å². The average molecular weight is 389 g/mol. The molecular formula is C22H32N2O4. The van der Waals surface area contributed by atoms with E-state index in [1.54, 1.807) is 12.1 Å². The van der Waals surface area contributed by atoms with Crippen LogP contribution in [0.3, 0.4) is 0 Å². The van der Waals surface area contributed by atoms with Crippen LogP contribution in [-0.4, -0.2) is 36.9 Å². The standard InChI is InChI=1S/C22H32N2O4/c1-6-8-17-18(20(25)27-5)9-7-10-19(17)23-15-11-13-16(14-12-15)24-21(26)28-22(2,3)4/h6-7,9-10,15-16,23H,1,8,11-14H2,2-5H3,(H,24,26)/t15-,16-. The predicted octanol–water partition coefficient (Wildman–Crippen LogP) is 4.45. The van der Waals surface area contributed by atoms with E-state index in [9.17, 15) is 9.59 Å². The van der Waals surface area contributed by atoms with Crippen LogP contribution in [0.1, 0.15) is 62.4 Å². The van der Waals surface area contributed by atoms with Crippen molar-refractivity contribution in [2.24, 2.45) is 0 Å². The SMILES string of the molecule is C=CCc1c(N[C@H]2CC[C@H](NC(=O)OC(C)(C)C)CC2)cccc1C(=O)OC. The maximum Gasteiger partial charge on any atom is 0.407 e. The largest absolute Gasteiger partial charge is 0.465 e. The second-order valence-electron chi connectivity index (χ2n) is 8.16. The van der Waals surface area contributed by atoms with Crippen molar-refractivity contribution in [2.45, 2.75) is 70.6 Å². The van der Waals surface area contributed by atoms with E-state index < -0.39 is 5.60 Å². The number of anilines is 1. The number of hydrogen-bond acceptors (Lipinski definition) is 5. The van der Waals surface area contributed by atoms with Crippen molar-refractivity contribution in [1.29, 1.82) is 0 Å². The molecule has 0 aliphatic heterocycles. The van der Waals surface area contributed by atoms with E-state index in [0.29, 0.717) is 12.0 Å². The van der Waals surface area contributed by atoms with Gasteiger partial charge in [0.05, 0.1) is 12.7 Å². The second kappa shape index (κ2) is 9.62. The van der Waals surface area contributed by atoms with Gasteiger partial charge >= 0.3 is 12.1 Å². The van der Waals surface area contributed by atoms with Crippen LogP contribution >= 0.6 is 0 Å². The third-order valence-electron chi connectivity index (χ3n) is 4.74. The molecule has 1 aromatic rings. The van der Waals surface area contributed by atoms with Gasteiger partial charge in [-0.15, -0.1) is 6.58 Å². The van der Waals surface area contributed by atoms with Gasteiger partial charge in [-0.1, -0.05) is 12.1 Å². The minimum absolute atomic E-state index is 0.127. The van der Waals surface area contributed by atoms with Crippen LogP contribution in [0.2, 0.25) is 0 Å². The Labute approximate surface area is 167 Å². The van der Waals surface area contributed by atoms with Gasteiger partial charge in [-0.2, -0.15) is 0 Å². The van der Waals surface area contributed by atoms with Crippen molar-refractivity contribution in [3.05, 3.63) is 42.0 Å². The van der Waals surface area contributed by atoms with Crippen LogP contribution in [0.4, 0.5) is 10.5 Å². The van der Waals surface area contributed by atoms with Crippen molar-refractivity contribution in [2.75, 3.05) is 12.4 Å². The van der Waals surface area contributed by atoms with E-state index in [0.717, 1.165) is 36.9 Å². The maximum absolute atomic E-state index is 12.1. The van der Waals surface area contributed by atoms with E-state index in [1.165, 1.54) is 7.11 Å². The number of amides is 1. The van der Waals surface area contributed by atoms with Gasteiger partial charge in [0, 0.05) is 17.8 Å². The zero-order valence-corrected chi connectivity index (χ0v) is 17.3. The van der Waals surface area contributed by atoms with Crippen LogP contribution < -0.4 is 10.6 Å². The number of hydrogen-bond donors (Lipinski definition) is 2. The number of allylic oxidation sites excluding steroid dienone is 1. The number of esters is 1. The number of benzene rings is 1. The zero-order chi connectivity index (χ0) is 20.7. The molecule has 0 saturated heterocycles. The van der Waals surface area contributed by atoms with Crippen LogP contribution in [0.5, 0.6) is 0 Å². The summed E-state index contributed by atoms with van der Waals surface area (Å²) in [7, 11) is 1.39. The third kappa shape index (κ3) is 6.29. The summed E-state index contributed by atoms with van der Waals surface area (Å²) in [4.78, 5) is 24.0. The van der Waals surface area contributed by atoms with Gasteiger partial charge in [-0.25, -0.2) is 9.59 Å². The highest BCUT2D eigenvalue weighted by Crippen LogP contribution is 2.27. The summed E-state index contributed by atoms with van der Waals surface area (Å²) in [6.45, 7) is 9.37. The number of carbonyl (C=O) groups excluding carboxylic acids is 2. The van der Waals surface area contributed by atoms with Gasteiger partial charge in [0.25, 0.3) is 0 Å². The van der Waals surface area contributed by atoms with Gasteiger partial charge in [0.15, 0.2) is 0 Å². The summed E-state index contributed by atoms with van der Waals surface area (Å²) < 4.78 is 10.2. The summed E-state index contributed by atoms with van der Waals surface area (Å²) in [5.41, 5.74) is 1.91. The average Bonchev–Trinajstić information content (AvgIpc) is 2.62. The quantitative estimate of drug-likeness (QED) is 0.556. The molecule has 0 heterocycles. The lowest BCUT2D eigenvalue weighted by Crippen LogP contribution is -2.42. The van der Waals surface area contributed by atoms with Gasteiger partial charge in [-0.3, -0.25) is 0 Å². The molecule has 1 amide bonds. The normalized spacial score (nSPS) is 19.4. The van der Waals surface area contributed by atoms with Gasteiger partial charge < -0.3 is 20.1 Å². The fourth-order valence-corrected chi connectivity index (χ4v) is 3.46. The minimum Gasteiger partial charge on any atom is -0.465 e. The smallest absolute Gasteiger partial charge is 0.407 e. The first-order valence-corrected chi connectivity index (χ1v) is 9.80. The number of ether oxygens (including phenoxy) is 2. The number of methoxy groups -OCH3 is 1. The molecule has 0 aromatic heterocycles. The Bertz CT molecular complexity index is 701. The van der Waals surface area contributed by atoms with Crippen LogP contribution in [0.15, 0.2) is 30.9 Å². The molecule has 1 saturated carbocycles. The molecule has 6 nitrogen and oxygen atoms in total. The molecule has 6 heteroatoms. The van der Waals surface area contributed by atoms with Crippen molar-refractivity contribution in [3.8, 4) is 0 Å². The molecule has 2 N–H and O–H groups in total. The van der Waals surface area contributed by atoms with E-state index >= 15 is 0 Å². The van der Waals surface area contributed by atoms with Crippen LogP contribution in [0.25, 0.3) is 0 Å². The molecule has 0 bridgehead atoms. The topological polar surface area (TPSA) is 76.7 Å². The molecule has 2 rings (SSSR count). The lowest BCUT2D eigenvalue weighted by Gasteiger charge is -2.31. The van der Waals surface area contributed by atoms with E-state index in [-0.39, 0.29) is 24.1 Å². The van der Waals surface area contributed by atoms with Crippen LogP contribution in [0, 0.1) is 0 Å². The molecular weight excluding hydrogens is 356 g/mol. The van der Waals surface area contributed by atoms with Crippen molar-refractivity contribution in [1.82, 2.24) is 5.32 Å². The monoisotopic (exact) mass is 388 g/mol. The molecule has 1 fully saturated rings. The molecule has 0 radical (unpaired) electrons. The highest BCUT2D eigenvalue weighted by atomic mass is 16.6. The minimum atomic E-state index is -0.491. The van der Waals surface area contributed by atoms with Crippen molar-refractivity contribution >= 4 is 17.7 Å². The molecule has 0 unspecified atom stereocenters. The number of carbonyl (C=O) groups is 2. The molecule has 154 valence electrons. The Morgan fingerprint density at radius 2 is 1.82 bits per heavy atom. The Kier molecular flexibility index (Phi) is 7.49. The fourth-order valence-electron chi connectivity index (χ4n) is 3.46. The highest BCUT2D eigenvalue weighted by Gasteiger charge is 2.25. The summed E-state index contributed by atoms with van der Waals surface area (Å²) >= 11 is 0. The lowest BCUT2D eigenvalue weighted by molar-refractivity contribution is 0.0491. The van der Waals surface area contributed by atoms with E-state index in [1.807, 2.05) is 32.9 Å². The first kappa shape index (κ1) is 21.8. The first-order chi connectivity index (χ1) is 13.2. The van der Waals surface area contributed by atoms with E-state index in [4.69, 9.17) is 9.47 Å². The Balaban J connectivity index is 1.96. The number of alkyl carbamates (subject to hydrolysis) is 1. The van der Waals surface area contributed by atoms with Crippen molar-refractivity contribution in [3.63, 3.8) is 0 Å². The van der Waals surface area contributed by atoms with E-state index in [2.05, 4.69) is 17.2 Å². The molecule has 0 atom stereocenters. The summed E-state index contributed by atoms with van der Waals surface area (Å²) in [6, 6.07) is 6.03. The molecule has 28 heavy (non-hydrogen) atoms. The number of rotatable bonds is 6. The molecule has 1 aliphatic carbocycles. The maximum atomic E-state index is 12.1. The zero-order valence-electron chi connectivity index (χ0n) is 17.3. The van der Waals surface area contributed by atoms with Gasteiger partial charge in [0.2, 0.25) is 0 Å². The van der Waals surface area contributed by atoms with Crippen molar-refractivity contribution < 1.29 is 19.1 Å². The summed E-state index contributed by atoms with van der Waals surface area (Å²) in [6.07, 6.45) is 5.63. The van der Waals surface area contributed by atoms with Crippen LogP contribution in [-0.2, 0) is 15.9 Å². The number of nitrogens with one attached hydrogen (secondary N) is 2. The Hall–Kier alpha value is -2.50. The summed E-state index contributed by atoms with van der Waals surface area (Å²) in [5, 5.41) is 6.53. The Morgan fingerprint density at radius 1 is 1.18 bits per heavy atom. The predicted molar refractivity (Wildman–Crippen MR) is 111 cm³/mol. The lowest BCUT2D eigenvalue weighted by atomic mass is 9.90. The third-order valence-corrected chi connectivity index (χ3v) is 4.74. The fraction of sp³-hybridized carbons (Fsp3) is 0.545. The summed E-state index contributed by atoms with van der Waals surface area (Å²) in [5.74, 6) is -0.342. The second-order valence-corrected chi connectivity index (χ2v) is 8.16. The highest BCUT2D eigenvalue weighted by molar-refractivity contribution is 5.93. The molecule has 1 aromatic carbocycles. The Morgan fingerprint density at radius 3 is 2.39 bits per heavy atom.